The molecule has 13 heteroatoms. The highest BCUT2D eigenvalue weighted by atomic mass is 35.5. The van der Waals surface area contributed by atoms with Gasteiger partial charge in [-0.05, 0) is 36.4 Å². The second kappa shape index (κ2) is 8.40. The number of carbonyl (C=O) groups is 1. The van der Waals surface area contributed by atoms with Crippen LogP contribution in [0.4, 0.5) is 10.8 Å². The Balaban J connectivity index is 1.79. The Labute approximate surface area is 183 Å². The maximum atomic E-state index is 12.5. The fourth-order valence-corrected chi connectivity index (χ4v) is 4.83. The molecule has 1 amide bonds. The Morgan fingerprint density at radius 1 is 0.929 bits per heavy atom. The number of aromatic nitrogens is 2. The average molecular weight is 498 g/mol. The number of anilines is 2. The summed E-state index contributed by atoms with van der Waals surface area (Å²) in [5, 5.41) is 10.6. The minimum absolute atomic E-state index is 0.0337. The molecule has 0 aliphatic carbocycles. The maximum absolute atomic E-state index is 12.5. The molecule has 1 aromatic heterocycles. The first-order valence-electron chi connectivity index (χ1n) is 7.23. The zero-order valence-electron chi connectivity index (χ0n) is 13.4. The van der Waals surface area contributed by atoms with Crippen molar-refractivity contribution in [3.05, 3.63) is 62.1 Å². The third-order valence-corrected chi connectivity index (χ3v) is 6.89. The van der Waals surface area contributed by atoms with E-state index in [0.29, 0.717) is 21.4 Å². The Bertz CT molecular complexity index is 1170. The van der Waals surface area contributed by atoms with Gasteiger partial charge < -0.3 is 0 Å². The molecule has 28 heavy (non-hydrogen) atoms. The molecule has 0 saturated carbocycles. The van der Waals surface area contributed by atoms with Crippen LogP contribution < -0.4 is 10.0 Å². The Hall–Kier alpha value is -1.62. The molecule has 7 nitrogen and oxygen atoms in total. The third-order valence-electron chi connectivity index (χ3n) is 3.21. The van der Waals surface area contributed by atoms with Gasteiger partial charge in [0.1, 0.15) is 0 Å². The highest BCUT2D eigenvalue weighted by Crippen LogP contribution is 2.29. The molecule has 0 aliphatic rings. The quantitative estimate of drug-likeness (QED) is 0.471. The van der Waals surface area contributed by atoms with Crippen LogP contribution in [-0.4, -0.2) is 24.5 Å². The van der Waals surface area contributed by atoms with Crippen molar-refractivity contribution in [1.82, 2.24) is 10.2 Å². The predicted molar refractivity (Wildman–Crippen MR) is 112 cm³/mol. The zero-order chi connectivity index (χ0) is 20.5. The van der Waals surface area contributed by atoms with E-state index in [1.807, 2.05) is 0 Å². The highest BCUT2D eigenvalue weighted by molar-refractivity contribution is 7.94. The maximum Gasteiger partial charge on any atom is 0.291 e. The summed E-state index contributed by atoms with van der Waals surface area (Å²) in [6.45, 7) is 0. The monoisotopic (exact) mass is 496 g/mol. The number of rotatable bonds is 5. The fraction of sp³-hybridized carbons (Fsp3) is 0. The van der Waals surface area contributed by atoms with E-state index in [0.717, 1.165) is 0 Å². The van der Waals surface area contributed by atoms with Crippen LogP contribution in [0.5, 0.6) is 0 Å². The molecular formula is C15H8Cl4N4O3S2. The first kappa shape index (κ1) is 21.1. The van der Waals surface area contributed by atoms with Crippen LogP contribution >= 0.6 is 57.7 Å². The lowest BCUT2D eigenvalue weighted by atomic mass is 10.2. The van der Waals surface area contributed by atoms with Crippen molar-refractivity contribution >= 4 is 84.5 Å². The van der Waals surface area contributed by atoms with Gasteiger partial charge in [0.15, 0.2) is 0 Å². The largest absolute Gasteiger partial charge is 0.296 e. The van der Waals surface area contributed by atoms with Gasteiger partial charge in [-0.1, -0.05) is 57.7 Å². The van der Waals surface area contributed by atoms with E-state index in [1.54, 1.807) is 0 Å². The van der Waals surface area contributed by atoms with E-state index in [4.69, 9.17) is 46.4 Å². The third kappa shape index (κ3) is 4.86. The first-order valence-corrected chi connectivity index (χ1v) is 11.0. The average Bonchev–Trinajstić information content (AvgIpc) is 3.07. The zero-order valence-corrected chi connectivity index (χ0v) is 18.1. The summed E-state index contributed by atoms with van der Waals surface area (Å²) in [6.07, 6.45) is 0. The van der Waals surface area contributed by atoms with Gasteiger partial charge in [-0.15, -0.1) is 10.2 Å². The van der Waals surface area contributed by atoms with Gasteiger partial charge in [0.05, 0.1) is 21.3 Å². The van der Waals surface area contributed by atoms with E-state index in [1.165, 1.54) is 36.4 Å². The van der Waals surface area contributed by atoms with Crippen LogP contribution in [0.25, 0.3) is 0 Å². The van der Waals surface area contributed by atoms with Crippen LogP contribution in [0, 0.1) is 0 Å². The van der Waals surface area contributed by atoms with Gasteiger partial charge in [0.2, 0.25) is 5.13 Å². The van der Waals surface area contributed by atoms with Crippen LogP contribution in [0.15, 0.2) is 40.7 Å². The summed E-state index contributed by atoms with van der Waals surface area (Å²) in [5.74, 6) is -0.590. The summed E-state index contributed by atoms with van der Waals surface area (Å²) in [4.78, 5) is 12.3. The lowest BCUT2D eigenvalue weighted by molar-refractivity contribution is 0.102. The molecule has 3 aromatic rings. The number of benzene rings is 2. The number of carbonyl (C=O) groups excluding carboxylic acids is 1. The van der Waals surface area contributed by atoms with Gasteiger partial charge in [-0.3, -0.25) is 14.8 Å². The van der Waals surface area contributed by atoms with Gasteiger partial charge in [0, 0.05) is 10.0 Å². The van der Waals surface area contributed by atoms with Crippen LogP contribution in [0.3, 0.4) is 0 Å². The molecule has 0 radical (unpaired) electrons. The number of hydrogen-bond donors (Lipinski definition) is 2. The van der Waals surface area contributed by atoms with E-state index >= 15 is 0 Å². The first-order chi connectivity index (χ1) is 13.2. The SMILES string of the molecule is O=C(Nc1nnc(S(=O)(=O)Nc2cc(Cl)ccc2Cl)s1)c1ccc(Cl)cc1Cl. The number of hydrogen-bond acceptors (Lipinski definition) is 6. The number of nitrogens with one attached hydrogen (secondary N) is 2. The van der Waals surface area contributed by atoms with Crippen molar-refractivity contribution in [3.8, 4) is 0 Å². The van der Waals surface area contributed by atoms with Gasteiger partial charge in [-0.25, -0.2) is 0 Å². The molecule has 2 aromatic carbocycles. The van der Waals surface area contributed by atoms with Gasteiger partial charge in [-0.2, -0.15) is 8.42 Å². The molecule has 2 N–H and O–H groups in total. The van der Waals surface area contributed by atoms with Crippen LogP contribution in [-0.2, 0) is 10.0 Å². The molecule has 0 unspecified atom stereocenters. The van der Waals surface area contributed by atoms with E-state index < -0.39 is 15.9 Å². The minimum atomic E-state index is -4.09. The van der Waals surface area contributed by atoms with E-state index in [-0.39, 0.29) is 30.8 Å². The Morgan fingerprint density at radius 3 is 2.32 bits per heavy atom. The lowest BCUT2D eigenvalue weighted by Crippen LogP contribution is -2.13. The summed E-state index contributed by atoms with van der Waals surface area (Å²) >= 11 is 24.2. The van der Waals surface area contributed by atoms with E-state index in [2.05, 4.69) is 20.2 Å². The molecule has 146 valence electrons. The van der Waals surface area contributed by atoms with Crippen LogP contribution in [0.2, 0.25) is 20.1 Å². The number of nitrogens with zero attached hydrogens (tertiary/aromatic N) is 2. The summed E-state index contributed by atoms with van der Waals surface area (Å²) in [5.41, 5.74) is 0.234. The number of amides is 1. The minimum Gasteiger partial charge on any atom is -0.296 e. The van der Waals surface area contributed by atoms with Crippen molar-refractivity contribution in [2.75, 3.05) is 10.0 Å². The summed E-state index contributed by atoms with van der Waals surface area (Å²) in [6, 6.07) is 8.66. The second-order valence-corrected chi connectivity index (χ2v) is 9.70. The predicted octanol–water partition coefficient (Wildman–Crippen LogP) is 5.20. The molecule has 0 aliphatic heterocycles. The van der Waals surface area contributed by atoms with Crippen LogP contribution in [0.1, 0.15) is 10.4 Å². The summed E-state index contributed by atoms with van der Waals surface area (Å²) in [7, 11) is -4.09. The fourth-order valence-electron chi connectivity index (χ4n) is 1.97. The van der Waals surface area contributed by atoms with Crippen molar-refractivity contribution in [3.63, 3.8) is 0 Å². The molecule has 1 heterocycles. The Morgan fingerprint density at radius 2 is 1.61 bits per heavy atom. The lowest BCUT2D eigenvalue weighted by Gasteiger charge is -2.07. The molecule has 0 bridgehead atoms. The molecule has 3 rings (SSSR count). The second-order valence-electron chi connectivity index (χ2n) is 5.18. The van der Waals surface area contributed by atoms with Crippen molar-refractivity contribution in [1.29, 1.82) is 0 Å². The molecule has 0 fully saturated rings. The standard InChI is InChI=1S/C15H8Cl4N4O3S2/c16-7-1-3-9(11(19)5-7)13(24)20-14-21-22-15(27-14)28(25,26)23-12-6-8(17)2-4-10(12)18/h1-6,23H,(H,20,21,24). The topological polar surface area (TPSA) is 101 Å². The van der Waals surface area contributed by atoms with Crippen molar-refractivity contribution in [2.45, 2.75) is 4.34 Å². The number of halogens is 4. The summed E-state index contributed by atoms with van der Waals surface area (Å²) < 4.78 is 26.8. The smallest absolute Gasteiger partial charge is 0.291 e. The van der Waals surface area contributed by atoms with E-state index in [9.17, 15) is 13.2 Å². The van der Waals surface area contributed by atoms with Gasteiger partial charge in [0.25, 0.3) is 20.3 Å². The highest BCUT2D eigenvalue weighted by Gasteiger charge is 2.23. The van der Waals surface area contributed by atoms with Crippen molar-refractivity contribution < 1.29 is 13.2 Å². The molecule has 0 saturated heterocycles. The molecular weight excluding hydrogens is 490 g/mol. The molecule has 0 atom stereocenters. The number of sulfonamides is 1. The Kier molecular flexibility index (Phi) is 6.33. The molecule has 0 spiro atoms. The van der Waals surface area contributed by atoms with Crippen molar-refractivity contribution in [2.24, 2.45) is 0 Å². The van der Waals surface area contributed by atoms with Gasteiger partial charge >= 0.3 is 0 Å². The normalized spacial score (nSPS) is 11.3.